The maximum Gasteiger partial charge on any atom is 0.221 e. The highest BCUT2D eigenvalue weighted by atomic mass is 19.1. The fraction of sp³-hybridized carbons (Fsp3) is 0.0833. The normalized spacial score (nSPS) is 11.0. The molecule has 0 fully saturated rings. The van der Waals surface area contributed by atoms with Gasteiger partial charge in [-0.25, -0.2) is 14.4 Å². The van der Waals surface area contributed by atoms with Crippen LogP contribution in [0.1, 0.15) is 0 Å². The summed E-state index contributed by atoms with van der Waals surface area (Å²) in [4.78, 5) is 8.25. The Bertz CT molecular complexity index is 729. The number of benzene rings is 1. The van der Waals surface area contributed by atoms with Crippen molar-refractivity contribution in [3.05, 3.63) is 36.3 Å². The molecule has 0 saturated carbocycles. The summed E-state index contributed by atoms with van der Waals surface area (Å²) in [5.41, 5.74) is 7.60. The van der Waals surface area contributed by atoms with Gasteiger partial charge in [-0.15, -0.1) is 0 Å². The van der Waals surface area contributed by atoms with Crippen molar-refractivity contribution in [2.24, 2.45) is 7.05 Å². The lowest BCUT2D eigenvalue weighted by Crippen LogP contribution is -2.01. The van der Waals surface area contributed by atoms with Crippen molar-refractivity contribution < 1.29 is 4.39 Å². The lowest BCUT2D eigenvalue weighted by molar-refractivity contribution is 0.629. The average molecular weight is 243 g/mol. The third-order valence-electron chi connectivity index (χ3n) is 2.74. The third-order valence-corrected chi connectivity index (χ3v) is 2.74. The minimum Gasteiger partial charge on any atom is -0.368 e. The van der Waals surface area contributed by atoms with E-state index >= 15 is 0 Å². The monoisotopic (exact) mass is 243 g/mol. The van der Waals surface area contributed by atoms with Crippen LogP contribution in [0.3, 0.4) is 0 Å². The highest BCUT2D eigenvalue weighted by Crippen LogP contribution is 2.26. The Morgan fingerprint density at radius 1 is 1.22 bits per heavy atom. The van der Waals surface area contributed by atoms with E-state index in [0.29, 0.717) is 11.2 Å². The van der Waals surface area contributed by atoms with Crippen LogP contribution in [-0.4, -0.2) is 19.7 Å². The van der Waals surface area contributed by atoms with Crippen LogP contribution in [0, 0.1) is 5.82 Å². The Morgan fingerprint density at radius 2 is 2.06 bits per heavy atom. The molecule has 3 aromatic rings. The van der Waals surface area contributed by atoms with Crippen LogP contribution in [0.5, 0.6) is 0 Å². The number of hydrogen-bond donors (Lipinski definition) is 1. The molecule has 0 radical (unpaired) electrons. The van der Waals surface area contributed by atoms with E-state index in [1.165, 1.54) is 12.1 Å². The summed E-state index contributed by atoms with van der Waals surface area (Å²) in [5, 5.41) is 4.83. The predicted octanol–water partition coefficient (Wildman–Crippen LogP) is 1.75. The summed E-state index contributed by atoms with van der Waals surface area (Å²) in [7, 11) is 1.81. The van der Waals surface area contributed by atoms with Crippen LogP contribution in [0.4, 0.5) is 10.3 Å². The Morgan fingerprint density at radius 3 is 2.78 bits per heavy atom. The van der Waals surface area contributed by atoms with Crippen LogP contribution in [0.25, 0.3) is 22.3 Å². The number of hydrogen-bond acceptors (Lipinski definition) is 4. The topological polar surface area (TPSA) is 69.6 Å². The van der Waals surface area contributed by atoms with Crippen LogP contribution >= 0.6 is 0 Å². The maximum absolute atomic E-state index is 13.2. The lowest BCUT2D eigenvalue weighted by Gasteiger charge is -2.07. The van der Waals surface area contributed by atoms with Crippen molar-refractivity contribution in [1.82, 2.24) is 19.7 Å². The number of aryl methyl sites for hydroxylation is 1. The first-order valence-corrected chi connectivity index (χ1v) is 5.36. The number of fused-ring (bicyclic) bond motifs is 1. The van der Waals surface area contributed by atoms with Gasteiger partial charge in [0.15, 0.2) is 0 Å². The maximum atomic E-state index is 13.2. The summed E-state index contributed by atoms with van der Waals surface area (Å²) in [5.74, 6) is -0.235. The molecule has 0 unspecified atom stereocenters. The van der Waals surface area contributed by atoms with Crippen molar-refractivity contribution in [2.75, 3.05) is 5.73 Å². The van der Waals surface area contributed by atoms with E-state index in [-0.39, 0.29) is 11.8 Å². The van der Waals surface area contributed by atoms with Gasteiger partial charge in [0.2, 0.25) is 5.95 Å². The minimum absolute atomic E-state index is 0.115. The molecule has 0 saturated heterocycles. The first-order valence-electron chi connectivity index (χ1n) is 5.36. The van der Waals surface area contributed by atoms with Gasteiger partial charge in [0.1, 0.15) is 11.5 Å². The molecule has 3 rings (SSSR count). The SMILES string of the molecule is Cn1nccc1-c1nc(N)nc2cc(F)ccc12. The summed E-state index contributed by atoms with van der Waals surface area (Å²) >= 11 is 0. The van der Waals surface area contributed by atoms with Crippen molar-refractivity contribution in [1.29, 1.82) is 0 Å². The molecular weight excluding hydrogens is 233 g/mol. The fourth-order valence-electron chi connectivity index (χ4n) is 1.92. The standard InChI is InChI=1S/C12H10FN5/c1-18-10(4-5-15-18)11-8-3-2-7(13)6-9(8)16-12(14)17-11/h2-6H,1H3,(H2,14,16,17). The van der Waals surface area contributed by atoms with E-state index in [9.17, 15) is 4.39 Å². The second-order valence-corrected chi connectivity index (χ2v) is 3.93. The van der Waals surface area contributed by atoms with Gasteiger partial charge in [0.05, 0.1) is 11.2 Å². The van der Waals surface area contributed by atoms with Gasteiger partial charge in [0, 0.05) is 24.7 Å². The first-order chi connectivity index (χ1) is 8.65. The smallest absolute Gasteiger partial charge is 0.221 e. The summed E-state index contributed by atoms with van der Waals surface area (Å²) < 4.78 is 14.9. The number of aromatic nitrogens is 4. The fourth-order valence-corrected chi connectivity index (χ4v) is 1.92. The quantitative estimate of drug-likeness (QED) is 0.707. The first kappa shape index (κ1) is 10.6. The summed E-state index contributed by atoms with van der Waals surface area (Å²) in [6, 6.07) is 6.19. The van der Waals surface area contributed by atoms with Crippen LogP contribution in [0.15, 0.2) is 30.5 Å². The van der Waals surface area contributed by atoms with Gasteiger partial charge in [-0.1, -0.05) is 0 Å². The highest BCUT2D eigenvalue weighted by Gasteiger charge is 2.11. The lowest BCUT2D eigenvalue weighted by atomic mass is 10.1. The van der Waals surface area contributed by atoms with Gasteiger partial charge in [-0.2, -0.15) is 5.10 Å². The Hall–Kier alpha value is -2.50. The zero-order chi connectivity index (χ0) is 12.7. The Kier molecular flexibility index (Phi) is 2.22. The molecule has 1 aromatic carbocycles. The second kappa shape index (κ2) is 3.76. The molecule has 2 heterocycles. The summed E-state index contributed by atoms with van der Waals surface area (Å²) in [6.45, 7) is 0. The van der Waals surface area contributed by atoms with Gasteiger partial charge < -0.3 is 5.73 Å². The molecule has 0 spiro atoms. The van der Waals surface area contributed by atoms with Crippen molar-refractivity contribution in [3.63, 3.8) is 0 Å². The van der Waals surface area contributed by atoms with Gasteiger partial charge in [-0.3, -0.25) is 4.68 Å². The van der Waals surface area contributed by atoms with Crippen molar-refractivity contribution >= 4 is 16.9 Å². The zero-order valence-electron chi connectivity index (χ0n) is 9.63. The Balaban J connectivity index is 2.38. The second-order valence-electron chi connectivity index (χ2n) is 3.93. The third kappa shape index (κ3) is 1.58. The van der Waals surface area contributed by atoms with Crippen LogP contribution in [0.2, 0.25) is 0 Å². The van der Waals surface area contributed by atoms with Crippen molar-refractivity contribution in [3.8, 4) is 11.4 Å². The molecule has 18 heavy (non-hydrogen) atoms. The zero-order valence-corrected chi connectivity index (χ0v) is 9.63. The van der Waals surface area contributed by atoms with E-state index in [1.807, 2.05) is 13.1 Å². The number of rotatable bonds is 1. The van der Waals surface area contributed by atoms with Gasteiger partial charge in [-0.05, 0) is 18.2 Å². The largest absolute Gasteiger partial charge is 0.368 e. The molecular formula is C12H10FN5. The molecule has 0 amide bonds. The number of anilines is 1. The van der Waals surface area contributed by atoms with Gasteiger partial charge in [0.25, 0.3) is 0 Å². The number of nitrogens with two attached hydrogens (primary N) is 1. The van der Waals surface area contributed by atoms with E-state index in [1.54, 1.807) is 16.9 Å². The molecule has 5 nitrogen and oxygen atoms in total. The molecule has 0 aliphatic rings. The highest BCUT2D eigenvalue weighted by molar-refractivity contribution is 5.92. The van der Waals surface area contributed by atoms with E-state index in [4.69, 9.17) is 5.73 Å². The van der Waals surface area contributed by atoms with Crippen LogP contribution < -0.4 is 5.73 Å². The molecule has 0 aliphatic heterocycles. The molecule has 0 aliphatic carbocycles. The molecule has 6 heteroatoms. The van der Waals surface area contributed by atoms with E-state index in [2.05, 4.69) is 15.1 Å². The average Bonchev–Trinajstić information content (AvgIpc) is 2.73. The van der Waals surface area contributed by atoms with E-state index in [0.717, 1.165) is 11.1 Å². The predicted molar refractivity (Wildman–Crippen MR) is 66.1 cm³/mol. The molecule has 0 atom stereocenters. The molecule has 90 valence electrons. The molecule has 2 N–H and O–H groups in total. The Labute approximate surface area is 102 Å². The number of halogens is 1. The van der Waals surface area contributed by atoms with E-state index < -0.39 is 0 Å². The molecule has 0 bridgehead atoms. The van der Waals surface area contributed by atoms with Gasteiger partial charge >= 0.3 is 0 Å². The number of nitrogen functional groups attached to an aromatic ring is 1. The molecule has 2 aromatic heterocycles. The minimum atomic E-state index is -0.350. The number of nitrogens with zero attached hydrogens (tertiary/aromatic N) is 4. The summed E-state index contributed by atoms with van der Waals surface area (Å²) in [6.07, 6.45) is 1.67. The van der Waals surface area contributed by atoms with Crippen molar-refractivity contribution in [2.45, 2.75) is 0 Å². The van der Waals surface area contributed by atoms with Crippen LogP contribution in [-0.2, 0) is 7.05 Å².